The molecule has 7 nitrogen and oxygen atoms in total. The van der Waals surface area contributed by atoms with E-state index in [1.54, 1.807) is 48.5 Å². The molecule has 7 heteroatoms. The first-order valence-electron chi connectivity index (χ1n) is 9.05. The van der Waals surface area contributed by atoms with Crippen LogP contribution in [0.3, 0.4) is 0 Å². The normalized spacial score (nSPS) is 10.1. The number of aromatic nitrogens is 1. The molecule has 0 spiro atoms. The van der Waals surface area contributed by atoms with Crippen LogP contribution in [0.15, 0.2) is 66.9 Å². The molecule has 0 atom stereocenters. The first kappa shape index (κ1) is 19.9. The Morgan fingerprint density at radius 1 is 0.966 bits per heavy atom. The van der Waals surface area contributed by atoms with Gasteiger partial charge in [-0.3, -0.25) is 14.6 Å². The zero-order valence-corrected chi connectivity index (χ0v) is 16.1. The van der Waals surface area contributed by atoms with Gasteiger partial charge in [0.15, 0.2) is 0 Å². The van der Waals surface area contributed by atoms with E-state index in [1.165, 1.54) is 19.4 Å². The van der Waals surface area contributed by atoms with Crippen LogP contribution in [0.5, 0.6) is 11.5 Å². The molecule has 3 aromatic rings. The molecule has 0 fully saturated rings. The molecule has 0 aliphatic rings. The Labute approximate surface area is 168 Å². The quantitative estimate of drug-likeness (QED) is 0.636. The van der Waals surface area contributed by atoms with Gasteiger partial charge in [0.05, 0.1) is 19.4 Å². The second kappa shape index (κ2) is 9.36. The Morgan fingerprint density at radius 2 is 1.72 bits per heavy atom. The van der Waals surface area contributed by atoms with Crippen molar-refractivity contribution < 1.29 is 19.1 Å². The molecule has 1 aromatic heterocycles. The third-order valence-electron chi connectivity index (χ3n) is 4.03. The lowest BCUT2D eigenvalue weighted by Gasteiger charge is -2.10. The fourth-order valence-electron chi connectivity index (χ4n) is 2.63. The van der Waals surface area contributed by atoms with Gasteiger partial charge in [-0.05, 0) is 55.5 Å². The molecule has 0 radical (unpaired) electrons. The van der Waals surface area contributed by atoms with E-state index < -0.39 is 5.91 Å². The Kier molecular flexibility index (Phi) is 6.42. The Hall–Kier alpha value is -3.87. The lowest BCUT2D eigenvalue weighted by Crippen LogP contribution is -2.17. The second-order valence-electron chi connectivity index (χ2n) is 6.00. The van der Waals surface area contributed by atoms with Gasteiger partial charge in [-0.2, -0.15) is 0 Å². The fourth-order valence-corrected chi connectivity index (χ4v) is 2.63. The number of para-hydroxylation sites is 2. The van der Waals surface area contributed by atoms with E-state index in [0.29, 0.717) is 29.3 Å². The van der Waals surface area contributed by atoms with Crippen LogP contribution in [-0.2, 0) is 0 Å². The third kappa shape index (κ3) is 5.10. The summed E-state index contributed by atoms with van der Waals surface area (Å²) >= 11 is 0. The minimum Gasteiger partial charge on any atom is -0.495 e. The van der Waals surface area contributed by atoms with Crippen LogP contribution in [0.2, 0.25) is 0 Å². The molecular formula is C22H21N3O4. The average molecular weight is 391 g/mol. The van der Waals surface area contributed by atoms with Crippen molar-refractivity contribution in [3.63, 3.8) is 0 Å². The van der Waals surface area contributed by atoms with Crippen LogP contribution >= 0.6 is 0 Å². The Morgan fingerprint density at radius 3 is 2.45 bits per heavy atom. The summed E-state index contributed by atoms with van der Waals surface area (Å²) in [5, 5.41) is 5.53. The highest BCUT2D eigenvalue weighted by Crippen LogP contribution is 2.23. The standard InChI is InChI=1S/C22H21N3O4/c1-3-29-17-10-8-16(9-11-17)24-22(27)19-14-15(12-13-23-19)21(26)25-18-6-4-5-7-20(18)28-2/h4-14H,3H2,1-2H3,(H,24,27)(H,25,26). The summed E-state index contributed by atoms with van der Waals surface area (Å²) in [5.74, 6) is 0.482. The van der Waals surface area contributed by atoms with Crippen molar-refractivity contribution >= 4 is 23.2 Å². The molecule has 0 bridgehead atoms. The number of carbonyl (C=O) groups is 2. The zero-order valence-electron chi connectivity index (χ0n) is 16.1. The minimum absolute atomic E-state index is 0.131. The number of hydrogen-bond acceptors (Lipinski definition) is 5. The summed E-state index contributed by atoms with van der Waals surface area (Å²) in [7, 11) is 1.53. The first-order chi connectivity index (χ1) is 14.1. The van der Waals surface area contributed by atoms with Gasteiger partial charge in [0, 0.05) is 17.4 Å². The number of hydrogen-bond donors (Lipinski definition) is 2. The molecular weight excluding hydrogens is 370 g/mol. The second-order valence-corrected chi connectivity index (χ2v) is 6.00. The lowest BCUT2D eigenvalue weighted by atomic mass is 10.2. The van der Waals surface area contributed by atoms with Crippen molar-refractivity contribution in [1.29, 1.82) is 0 Å². The van der Waals surface area contributed by atoms with E-state index in [0.717, 1.165) is 5.75 Å². The molecule has 0 aliphatic carbocycles. The van der Waals surface area contributed by atoms with E-state index in [1.807, 2.05) is 13.0 Å². The van der Waals surface area contributed by atoms with Crippen molar-refractivity contribution in [3.05, 3.63) is 78.1 Å². The molecule has 1 heterocycles. The number of pyridine rings is 1. The van der Waals surface area contributed by atoms with Gasteiger partial charge in [-0.25, -0.2) is 0 Å². The van der Waals surface area contributed by atoms with Gasteiger partial charge >= 0.3 is 0 Å². The summed E-state index contributed by atoms with van der Waals surface area (Å²) in [6, 6.07) is 17.1. The van der Waals surface area contributed by atoms with E-state index >= 15 is 0 Å². The highest BCUT2D eigenvalue weighted by molar-refractivity contribution is 6.08. The van der Waals surface area contributed by atoms with Gasteiger partial charge < -0.3 is 20.1 Å². The van der Waals surface area contributed by atoms with Gasteiger partial charge in [-0.15, -0.1) is 0 Å². The molecule has 0 saturated carbocycles. The van der Waals surface area contributed by atoms with Crippen LogP contribution in [0.1, 0.15) is 27.8 Å². The first-order valence-corrected chi connectivity index (χ1v) is 9.05. The number of benzene rings is 2. The molecule has 148 valence electrons. The van der Waals surface area contributed by atoms with Gasteiger partial charge in [0.1, 0.15) is 17.2 Å². The number of rotatable bonds is 7. The zero-order chi connectivity index (χ0) is 20.6. The van der Waals surface area contributed by atoms with Crippen molar-refractivity contribution in [2.45, 2.75) is 6.92 Å². The van der Waals surface area contributed by atoms with Crippen LogP contribution in [0.25, 0.3) is 0 Å². The van der Waals surface area contributed by atoms with Crippen LogP contribution in [0, 0.1) is 0 Å². The van der Waals surface area contributed by atoms with Gasteiger partial charge in [-0.1, -0.05) is 12.1 Å². The number of nitrogens with zero attached hydrogens (tertiary/aromatic N) is 1. The maximum absolute atomic E-state index is 12.6. The number of nitrogens with one attached hydrogen (secondary N) is 2. The highest BCUT2D eigenvalue weighted by atomic mass is 16.5. The topological polar surface area (TPSA) is 89.5 Å². The van der Waals surface area contributed by atoms with Gasteiger partial charge in [0.2, 0.25) is 0 Å². The van der Waals surface area contributed by atoms with Crippen molar-refractivity contribution in [2.24, 2.45) is 0 Å². The molecule has 2 aromatic carbocycles. The third-order valence-corrected chi connectivity index (χ3v) is 4.03. The van der Waals surface area contributed by atoms with Gasteiger partial charge in [0.25, 0.3) is 11.8 Å². The van der Waals surface area contributed by atoms with Crippen LogP contribution in [-0.4, -0.2) is 30.5 Å². The predicted octanol–water partition coefficient (Wildman–Crippen LogP) is 3.99. The summed E-state index contributed by atoms with van der Waals surface area (Å²) in [4.78, 5) is 29.1. The largest absolute Gasteiger partial charge is 0.495 e. The number of amides is 2. The highest BCUT2D eigenvalue weighted by Gasteiger charge is 2.14. The van der Waals surface area contributed by atoms with E-state index in [9.17, 15) is 9.59 Å². The van der Waals surface area contributed by atoms with Crippen molar-refractivity contribution in [2.75, 3.05) is 24.4 Å². The summed E-state index contributed by atoms with van der Waals surface area (Å²) in [5.41, 5.74) is 1.58. The monoisotopic (exact) mass is 391 g/mol. The maximum atomic E-state index is 12.6. The van der Waals surface area contributed by atoms with Crippen molar-refractivity contribution in [3.8, 4) is 11.5 Å². The molecule has 3 rings (SSSR count). The van der Waals surface area contributed by atoms with E-state index in [2.05, 4.69) is 15.6 Å². The molecule has 2 N–H and O–H groups in total. The Bertz CT molecular complexity index is 1000. The Balaban J connectivity index is 1.71. The van der Waals surface area contributed by atoms with Crippen molar-refractivity contribution in [1.82, 2.24) is 4.98 Å². The maximum Gasteiger partial charge on any atom is 0.274 e. The predicted molar refractivity (Wildman–Crippen MR) is 111 cm³/mol. The average Bonchev–Trinajstić information content (AvgIpc) is 2.75. The minimum atomic E-state index is -0.416. The fraction of sp³-hybridized carbons (Fsp3) is 0.136. The number of methoxy groups -OCH3 is 1. The van der Waals surface area contributed by atoms with E-state index in [4.69, 9.17) is 9.47 Å². The summed E-state index contributed by atoms with van der Waals surface area (Å²) in [6.07, 6.45) is 1.42. The molecule has 0 aliphatic heterocycles. The molecule has 0 saturated heterocycles. The SMILES string of the molecule is CCOc1ccc(NC(=O)c2cc(C(=O)Nc3ccccc3OC)ccn2)cc1. The van der Waals surface area contributed by atoms with Crippen LogP contribution < -0.4 is 20.1 Å². The lowest BCUT2D eigenvalue weighted by molar-refractivity contribution is 0.102. The molecule has 29 heavy (non-hydrogen) atoms. The molecule has 2 amide bonds. The smallest absolute Gasteiger partial charge is 0.274 e. The van der Waals surface area contributed by atoms with E-state index in [-0.39, 0.29) is 11.6 Å². The molecule has 0 unspecified atom stereocenters. The number of ether oxygens (including phenoxy) is 2. The van der Waals surface area contributed by atoms with Crippen LogP contribution in [0.4, 0.5) is 11.4 Å². The number of carbonyl (C=O) groups excluding carboxylic acids is 2. The summed E-state index contributed by atoms with van der Waals surface area (Å²) < 4.78 is 10.6. The number of anilines is 2. The summed E-state index contributed by atoms with van der Waals surface area (Å²) in [6.45, 7) is 2.47.